The van der Waals surface area contributed by atoms with Crippen LogP contribution in [0.25, 0.3) is 0 Å². The Morgan fingerprint density at radius 2 is 0.456 bits per heavy atom. The number of carboxylic acids is 8. The number of nitrogens with zero attached hydrogens (tertiary/aromatic N) is 7. The Labute approximate surface area is 601 Å². The molecule has 0 atom stereocenters. The van der Waals surface area contributed by atoms with Crippen molar-refractivity contribution < 1.29 is 118 Å². The molecular weight excluding hydrogens is 1360 g/mol. The number of carbonyl (C=O) groups excluding carboxylic acids is 7. The molecule has 0 spiro atoms. The number of hydrogen-bond acceptors (Lipinski definition) is 23. The first-order chi connectivity index (χ1) is 48.7. The van der Waals surface area contributed by atoms with Crippen LogP contribution >= 0.6 is 0 Å². The molecule has 0 heterocycles. The predicted octanol–water partition coefficient (Wildman–Crippen LogP) is -1.63. The molecule has 0 aromatic heterocycles. The minimum Gasteiger partial charge on any atom is -0.481 e. The monoisotopic (exact) mass is 1480 g/mol. The number of alkyl carbamates (subject to hydrolysis) is 1. The van der Waals surface area contributed by atoms with E-state index >= 15 is 0 Å². The molecule has 0 aliphatic carbocycles. The summed E-state index contributed by atoms with van der Waals surface area (Å²) >= 11 is 0. The molecule has 0 aromatic carbocycles. The van der Waals surface area contributed by atoms with E-state index in [1.807, 2.05) is 4.90 Å². The van der Waals surface area contributed by atoms with E-state index in [0.29, 0.717) is 25.9 Å². The molecule has 0 saturated carbocycles. The first-order valence-corrected chi connectivity index (χ1v) is 35.1. The first-order valence-electron chi connectivity index (χ1n) is 35.1. The number of nitrogens with one attached hydrogen (secondary N) is 7. The van der Waals surface area contributed by atoms with Gasteiger partial charge in [-0.25, -0.2) is 4.79 Å². The van der Waals surface area contributed by atoms with Crippen LogP contribution in [0.1, 0.15) is 143 Å². The van der Waals surface area contributed by atoms with Crippen LogP contribution in [0.3, 0.4) is 0 Å². The van der Waals surface area contributed by atoms with Crippen LogP contribution in [-0.4, -0.2) is 347 Å². The number of aliphatic carboxylic acids is 8. The number of carboxylic acid groups (broad SMARTS) is 8. The fourth-order valence-electron chi connectivity index (χ4n) is 9.89. The minimum atomic E-state index is -1.07. The van der Waals surface area contributed by atoms with Gasteiger partial charge in [0.1, 0.15) is 5.60 Å². The number of hydrogen-bond donors (Lipinski definition) is 15. The quantitative estimate of drug-likeness (QED) is 0.0240. The molecule has 0 bridgehead atoms. The van der Waals surface area contributed by atoms with Crippen LogP contribution in [0.2, 0.25) is 0 Å². The first kappa shape index (κ1) is 94.6. The van der Waals surface area contributed by atoms with Gasteiger partial charge in [-0.15, -0.1) is 0 Å². The Bertz CT molecular complexity index is 2470. The molecule has 0 radical (unpaired) electrons. The maximum atomic E-state index is 13.7. The molecule has 7 amide bonds. The summed E-state index contributed by atoms with van der Waals surface area (Å²) in [5.74, 6) is -10.8. The van der Waals surface area contributed by atoms with Crippen molar-refractivity contribution in [1.82, 2.24) is 71.5 Å². The van der Waals surface area contributed by atoms with Crippen LogP contribution in [0, 0.1) is 0 Å². The topological polar surface area (TPSA) is 534 Å². The van der Waals surface area contributed by atoms with E-state index < -0.39 is 77.2 Å². The lowest BCUT2D eigenvalue weighted by Gasteiger charge is -2.25. The summed E-state index contributed by atoms with van der Waals surface area (Å²) in [4.78, 5) is 193. The molecule has 15 N–H and O–H groups in total. The molecule has 0 unspecified atom stereocenters. The van der Waals surface area contributed by atoms with E-state index in [4.69, 9.17) is 45.6 Å². The molecule has 0 aliphatic rings. The van der Waals surface area contributed by atoms with Gasteiger partial charge in [-0.3, -0.25) is 72.0 Å². The molecule has 103 heavy (non-hydrogen) atoms. The highest BCUT2D eigenvalue weighted by Gasteiger charge is 2.21. The maximum Gasteiger partial charge on any atom is 0.407 e. The molecule has 0 fully saturated rings. The summed E-state index contributed by atoms with van der Waals surface area (Å²) in [5.41, 5.74) is -0.667. The average molecular weight is 1480 g/mol. The second-order valence-corrected chi connectivity index (χ2v) is 25.5. The third-order valence-corrected chi connectivity index (χ3v) is 15.6. The Morgan fingerprint density at radius 3 is 0.728 bits per heavy atom. The lowest BCUT2D eigenvalue weighted by atomic mass is 10.1. The summed E-state index contributed by atoms with van der Waals surface area (Å²) < 4.78 is 5.31. The van der Waals surface area contributed by atoms with Crippen LogP contribution in [-0.2, 0) is 71.9 Å². The molecular formula is C65H116N14O24. The van der Waals surface area contributed by atoms with Crippen LogP contribution in [0.5, 0.6) is 0 Å². The molecule has 590 valence electrons. The van der Waals surface area contributed by atoms with Gasteiger partial charge in [-0.05, 0) is 46.6 Å². The van der Waals surface area contributed by atoms with Crippen molar-refractivity contribution >= 4 is 89.3 Å². The summed E-state index contributed by atoms with van der Waals surface area (Å²) in [5, 5.41) is 92.8. The molecule has 0 aromatic rings. The fraction of sp³-hybridized carbons (Fsp3) is 0.769. The normalized spacial score (nSPS) is 11.4. The van der Waals surface area contributed by atoms with Crippen molar-refractivity contribution in [3.05, 3.63) is 0 Å². The zero-order valence-corrected chi connectivity index (χ0v) is 60.3. The highest BCUT2D eigenvalue weighted by atomic mass is 16.6. The van der Waals surface area contributed by atoms with Gasteiger partial charge >= 0.3 is 53.8 Å². The fourth-order valence-corrected chi connectivity index (χ4v) is 9.89. The van der Waals surface area contributed by atoms with Crippen molar-refractivity contribution in [3.63, 3.8) is 0 Å². The Balaban J connectivity index is 6.30. The zero-order valence-electron chi connectivity index (χ0n) is 60.3. The second-order valence-electron chi connectivity index (χ2n) is 25.5. The Kier molecular flexibility index (Phi) is 53.3. The lowest BCUT2D eigenvalue weighted by Crippen LogP contribution is -2.42. The number of unbranched alkanes of at least 4 members (excludes halogenated alkanes) is 3. The Morgan fingerprint density at radius 1 is 0.233 bits per heavy atom. The average Bonchev–Trinajstić information content (AvgIpc) is 1.000. The third-order valence-electron chi connectivity index (χ3n) is 15.6. The maximum absolute atomic E-state index is 13.7. The van der Waals surface area contributed by atoms with Gasteiger partial charge in [0, 0.05) is 202 Å². The standard InChI is InChI=1S/C65H116N14O24/c1-65(2,3)103-64(102)71-23-6-4-5-7-29-73(31-10-51(81)67-25-44-74(33-11-52(82)68-26-46-76(38-17-58(90)91)39-18-59(92)93)34-12-53(83)69-27-47-77(40-19-60(94)95)41-20-61(96)97)32-13-55(85)72-49-79(35-14-54(84)70-28-48-78(42-21-62(98)99)43-22-63(100)101)30-8-9-50(80)66-24-45-75(36-15-56(86)87)37-16-57(88)89/h4-49H2,1-3H3,(H,66,80)(H,67,81)(H,68,82)(H,69,83)(H,70,84)(H,71,102)(H,72,85)(H,86,87)(H,88,89)(H,90,91)(H,92,93)(H,94,95)(H,96,97)(H,98,99)(H,100,101). The van der Waals surface area contributed by atoms with Gasteiger partial charge in [-0.1, -0.05) is 12.8 Å². The minimum absolute atomic E-state index is 0.00203. The molecule has 0 rings (SSSR count). The van der Waals surface area contributed by atoms with Gasteiger partial charge in [-0.2, -0.15) is 0 Å². The van der Waals surface area contributed by atoms with Crippen LogP contribution < -0.4 is 37.2 Å². The zero-order chi connectivity index (χ0) is 77.4. The van der Waals surface area contributed by atoms with E-state index in [-0.39, 0.29) is 278 Å². The predicted molar refractivity (Wildman–Crippen MR) is 371 cm³/mol. The summed E-state index contributed by atoms with van der Waals surface area (Å²) in [6.07, 6.45) is 0.455. The van der Waals surface area contributed by atoms with Gasteiger partial charge in [0.15, 0.2) is 0 Å². The third kappa shape index (κ3) is 61.9. The number of amides is 7. The molecule has 0 saturated heterocycles. The van der Waals surface area contributed by atoms with E-state index in [1.165, 1.54) is 0 Å². The van der Waals surface area contributed by atoms with Gasteiger partial charge in [0.05, 0.1) is 58.0 Å². The summed E-state index contributed by atoms with van der Waals surface area (Å²) in [6, 6.07) is 0. The van der Waals surface area contributed by atoms with Crippen LogP contribution in [0.15, 0.2) is 0 Å². The van der Waals surface area contributed by atoms with E-state index in [2.05, 4.69) is 37.2 Å². The number of ether oxygens (including phenoxy) is 1. The lowest BCUT2D eigenvalue weighted by molar-refractivity contribution is -0.139. The number of carbonyl (C=O) groups is 15. The summed E-state index contributed by atoms with van der Waals surface area (Å²) in [7, 11) is 0. The number of rotatable bonds is 67. The van der Waals surface area contributed by atoms with E-state index in [9.17, 15) is 71.9 Å². The summed E-state index contributed by atoms with van der Waals surface area (Å²) in [6.45, 7) is 9.00. The van der Waals surface area contributed by atoms with Crippen molar-refractivity contribution in [2.24, 2.45) is 0 Å². The van der Waals surface area contributed by atoms with Gasteiger partial charge in [0.25, 0.3) is 0 Å². The van der Waals surface area contributed by atoms with E-state index in [1.54, 1.807) is 50.2 Å². The largest absolute Gasteiger partial charge is 0.481 e. The molecule has 0 aliphatic heterocycles. The van der Waals surface area contributed by atoms with Crippen LogP contribution in [0.4, 0.5) is 4.79 Å². The molecule has 38 nitrogen and oxygen atoms in total. The smallest absolute Gasteiger partial charge is 0.407 e. The van der Waals surface area contributed by atoms with Crippen molar-refractivity contribution in [2.45, 2.75) is 148 Å². The highest BCUT2D eigenvalue weighted by Crippen LogP contribution is 2.09. The Hall–Kier alpha value is -8.43. The van der Waals surface area contributed by atoms with Gasteiger partial charge < -0.3 is 112 Å². The second kappa shape index (κ2) is 58.0. The van der Waals surface area contributed by atoms with Gasteiger partial charge in [0.2, 0.25) is 35.4 Å². The molecule has 38 heteroatoms. The van der Waals surface area contributed by atoms with Crippen molar-refractivity contribution in [2.75, 3.05) is 177 Å². The highest BCUT2D eigenvalue weighted by molar-refractivity contribution is 5.79. The van der Waals surface area contributed by atoms with Crippen molar-refractivity contribution in [3.8, 4) is 0 Å². The van der Waals surface area contributed by atoms with E-state index in [0.717, 1.165) is 12.8 Å². The SMILES string of the molecule is CC(C)(C)OC(=O)NCCCCCCN(CCC(=O)NCCN(CCC(=O)NCCN(CCC(=O)O)CCC(=O)O)CCC(=O)NCCN(CCC(=O)O)CCC(=O)O)CCC(=O)NCN(CCCC(=O)NCCN(CCC(=O)O)CCC(=O)O)CCC(=O)NCCN(CCC(=O)O)CCC(=O)O. The van der Waals surface area contributed by atoms with Crippen molar-refractivity contribution in [1.29, 1.82) is 0 Å².